The fourth-order valence-electron chi connectivity index (χ4n) is 2.09. The minimum absolute atomic E-state index is 0.266. The molecular formula is C15H13FN4. The highest BCUT2D eigenvalue weighted by molar-refractivity contribution is 5.84. The molecule has 0 amide bonds. The van der Waals surface area contributed by atoms with Crippen molar-refractivity contribution >= 4 is 16.6 Å². The van der Waals surface area contributed by atoms with Gasteiger partial charge in [0.25, 0.3) is 0 Å². The van der Waals surface area contributed by atoms with Gasteiger partial charge in [-0.2, -0.15) is 5.10 Å². The Hall–Kier alpha value is -2.66. The Morgan fingerprint density at radius 2 is 1.95 bits per heavy atom. The number of hydrazine groups is 1. The predicted octanol–water partition coefficient (Wildman–Crippen LogP) is 2.60. The van der Waals surface area contributed by atoms with Crippen LogP contribution in [0.2, 0.25) is 0 Å². The molecule has 0 fully saturated rings. The fourth-order valence-corrected chi connectivity index (χ4v) is 2.09. The minimum atomic E-state index is -0.266. The molecule has 0 saturated heterocycles. The topological polar surface area (TPSA) is 55.9 Å². The maximum atomic E-state index is 13.0. The van der Waals surface area contributed by atoms with Gasteiger partial charge in [0.05, 0.1) is 17.4 Å². The Morgan fingerprint density at radius 3 is 2.65 bits per heavy atom. The summed E-state index contributed by atoms with van der Waals surface area (Å²) < 4.78 is 14.7. The van der Waals surface area contributed by atoms with Crippen molar-refractivity contribution in [3.05, 3.63) is 66.6 Å². The summed E-state index contributed by atoms with van der Waals surface area (Å²) >= 11 is 0. The molecular weight excluding hydrogens is 255 g/mol. The Morgan fingerprint density at radius 1 is 1.20 bits per heavy atom. The van der Waals surface area contributed by atoms with Crippen molar-refractivity contribution in [1.82, 2.24) is 15.2 Å². The third-order valence-corrected chi connectivity index (χ3v) is 3.16. The van der Waals surface area contributed by atoms with Crippen LogP contribution in [0.1, 0.15) is 5.56 Å². The molecule has 0 bridgehead atoms. The van der Waals surface area contributed by atoms with Crippen LogP contribution < -0.4 is 11.3 Å². The number of hydrogen-bond acceptors (Lipinski definition) is 3. The van der Waals surface area contributed by atoms with Gasteiger partial charge in [-0.1, -0.05) is 12.6 Å². The van der Waals surface area contributed by atoms with Gasteiger partial charge in [-0.3, -0.25) is 5.84 Å². The average Bonchev–Trinajstić information content (AvgIpc) is 2.90. The quantitative estimate of drug-likeness (QED) is 0.567. The number of nitrogens with two attached hydrogens (primary N) is 1. The van der Waals surface area contributed by atoms with Crippen LogP contribution in [0.4, 0.5) is 4.39 Å². The molecule has 4 nitrogen and oxygen atoms in total. The van der Waals surface area contributed by atoms with E-state index in [9.17, 15) is 4.39 Å². The van der Waals surface area contributed by atoms with E-state index in [0.717, 1.165) is 22.2 Å². The largest absolute Gasteiger partial charge is 0.324 e. The van der Waals surface area contributed by atoms with Crippen molar-refractivity contribution in [3.8, 4) is 5.69 Å². The first-order valence-corrected chi connectivity index (χ1v) is 6.08. The first kappa shape index (κ1) is 12.4. The highest BCUT2D eigenvalue weighted by Crippen LogP contribution is 2.21. The number of benzene rings is 2. The van der Waals surface area contributed by atoms with Crippen molar-refractivity contribution in [2.24, 2.45) is 5.84 Å². The smallest absolute Gasteiger partial charge is 0.123 e. The second kappa shape index (κ2) is 4.79. The van der Waals surface area contributed by atoms with Crippen molar-refractivity contribution in [3.63, 3.8) is 0 Å². The van der Waals surface area contributed by atoms with Crippen molar-refractivity contribution in [2.75, 3.05) is 0 Å². The molecule has 3 rings (SSSR count). The molecule has 100 valence electrons. The lowest BCUT2D eigenvalue weighted by atomic mass is 10.1. The van der Waals surface area contributed by atoms with Gasteiger partial charge < -0.3 is 5.43 Å². The molecule has 5 heteroatoms. The molecule has 0 saturated carbocycles. The molecule has 0 aliphatic rings. The van der Waals surface area contributed by atoms with Gasteiger partial charge in [-0.15, -0.1) is 0 Å². The summed E-state index contributed by atoms with van der Waals surface area (Å²) in [6, 6.07) is 12.0. The van der Waals surface area contributed by atoms with Crippen LogP contribution >= 0.6 is 0 Å². The Bertz CT molecular complexity index is 774. The molecule has 0 radical (unpaired) electrons. The first-order valence-electron chi connectivity index (χ1n) is 6.08. The van der Waals surface area contributed by atoms with Crippen molar-refractivity contribution < 1.29 is 4.39 Å². The van der Waals surface area contributed by atoms with Gasteiger partial charge in [0, 0.05) is 11.1 Å². The number of rotatable bonds is 3. The first-order chi connectivity index (χ1) is 9.69. The van der Waals surface area contributed by atoms with E-state index in [2.05, 4.69) is 17.1 Å². The maximum absolute atomic E-state index is 13.0. The zero-order valence-electron chi connectivity index (χ0n) is 10.7. The number of hydrogen-bond donors (Lipinski definition) is 2. The Balaban J connectivity index is 2.10. The lowest BCUT2D eigenvalue weighted by molar-refractivity contribution is 0.627. The molecule has 3 N–H and O–H groups in total. The van der Waals surface area contributed by atoms with E-state index in [1.807, 2.05) is 18.2 Å². The number of halogens is 1. The zero-order valence-corrected chi connectivity index (χ0v) is 10.7. The van der Waals surface area contributed by atoms with Gasteiger partial charge >= 0.3 is 0 Å². The van der Waals surface area contributed by atoms with E-state index in [1.165, 1.54) is 12.1 Å². The van der Waals surface area contributed by atoms with Crippen LogP contribution in [0, 0.1) is 5.82 Å². The second-order valence-electron chi connectivity index (χ2n) is 4.43. The van der Waals surface area contributed by atoms with Crippen LogP contribution in [0.3, 0.4) is 0 Å². The number of aromatic nitrogens is 2. The van der Waals surface area contributed by atoms with Crippen LogP contribution in [0.25, 0.3) is 22.3 Å². The lowest BCUT2D eigenvalue weighted by Crippen LogP contribution is -2.18. The summed E-state index contributed by atoms with van der Waals surface area (Å²) in [6.07, 6.45) is 1.76. The van der Waals surface area contributed by atoms with E-state index >= 15 is 0 Å². The molecule has 20 heavy (non-hydrogen) atoms. The molecule has 3 aromatic rings. The van der Waals surface area contributed by atoms with Crippen LogP contribution in [0.5, 0.6) is 0 Å². The normalized spacial score (nSPS) is 10.7. The lowest BCUT2D eigenvalue weighted by Gasteiger charge is -2.06. The predicted molar refractivity (Wildman–Crippen MR) is 77.4 cm³/mol. The van der Waals surface area contributed by atoms with E-state index < -0.39 is 0 Å². The second-order valence-corrected chi connectivity index (χ2v) is 4.43. The van der Waals surface area contributed by atoms with Crippen molar-refractivity contribution in [1.29, 1.82) is 0 Å². The molecule has 0 atom stereocenters. The third kappa shape index (κ3) is 2.04. The maximum Gasteiger partial charge on any atom is 0.123 e. The van der Waals surface area contributed by atoms with Crippen LogP contribution in [-0.4, -0.2) is 9.78 Å². The monoisotopic (exact) mass is 268 g/mol. The number of nitrogens with one attached hydrogen (secondary N) is 1. The average molecular weight is 268 g/mol. The summed E-state index contributed by atoms with van der Waals surface area (Å²) in [5.41, 5.74) is 5.81. The van der Waals surface area contributed by atoms with Gasteiger partial charge in [0.1, 0.15) is 5.82 Å². The summed E-state index contributed by atoms with van der Waals surface area (Å²) in [7, 11) is 0. The highest BCUT2D eigenvalue weighted by atomic mass is 19.1. The Labute approximate surface area is 115 Å². The molecule has 0 unspecified atom stereocenters. The summed E-state index contributed by atoms with van der Waals surface area (Å²) in [6.45, 7) is 3.82. The third-order valence-electron chi connectivity index (χ3n) is 3.16. The highest BCUT2D eigenvalue weighted by Gasteiger charge is 2.07. The zero-order chi connectivity index (χ0) is 14.1. The van der Waals surface area contributed by atoms with E-state index in [-0.39, 0.29) is 5.82 Å². The van der Waals surface area contributed by atoms with Crippen molar-refractivity contribution in [2.45, 2.75) is 0 Å². The number of fused-ring (bicyclic) bond motifs is 1. The molecule has 1 heterocycles. The van der Waals surface area contributed by atoms with E-state index in [4.69, 9.17) is 5.84 Å². The Kier molecular flexibility index (Phi) is 2.96. The molecule has 2 aromatic carbocycles. The van der Waals surface area contributed by atoms with E-state index in [1.54, 1.807) is 23.0 Å². The van der Waals surface area contributed by atoms with Crippen LogP contribution in [-0.2, 0) is 0 Å². The summed E-state index contributed by atoms with van der Waals surface area (Å²) in [4.78, 5) is 0. The van der Waals surface area contributed by atoms with Gasteiger partial charge in [-0.25, -0.2) is 9.07 Å². The van der Waals surface area contributed by atoms with Gasteiger partial charge in [-0.05, 0) is 42.0 Å². The molecule has 0 aliphatic carbocycles. The summed E-state index contributed by atoms with van der Waals surface area (Å²) in [5, 5.41) is 5.30. The standard InChI is InChI=1S/C15H13FN4/c1-10(19-17)11-2-7-15-12(8-11)9-18-20(15)14-5-3-13(16)4-6-14/h2-9,19H,1,17H2. The SMILES string of the molecule is C=C(NN)c1ccc2c(cnn2-c2ccc(F)cc2)c1. The summed E-state index contributed by atoms with van der Waals surface area (Å²) in [5.74, 6) is 5.09. The molecule has 0 spiro atoms. The minimum Gasteiger partial charge on any atom is -0.324 e. The van der Waals surface area contributed by atoms with Gasteiger partial charge in [0.15, 0.2) is 0 Å². The molecule has 1 aromatic heterocycles. The van der Waals surface area contributed by atoms with Crippen LogP contribution in [0.15, 0.2) is 55.2 Å². The molecule has 0 aliphatic heterocycles. The fraction of sp³-hybridized carbons (Fsp3) is 0. The number of nitrogens with zero attached hydrogens (tertiary/aromatic N) is 2. The van der Waals surface area contributed by atoms with E-state index in [0.29, 0.717) is 5.70 Å². The van der Waals surface area contributed by atoms with Gasteiger partial charge in [0.2, 0.25) is 0 Å².